The number of benzene rings is 2. The molecule has 0 aromatic heterocycles. The van der Waals surface area contributed by atoms with Gasteiger partial charge in [0, 0.05) is 38.6 Å². The van der Waals surface area contributed by atoms with Gasteiger partial charge in [-0.15, -0.1) is 0 Å². The topological polar surface area (TPSA) is 66.8 Å². The van der Waals surface area contributed by atoms with Crippen molar-refractivity contribution in [1.82, 2.24) is 4.90 Å². The average molecular weight is 405 g/mol. The Morgan fingerprint density at radius 2 is 1.90 bits per heavy atom. The molecule has 5 nitrogen and oxygen atoms in total. The van der Waals surface area contributed by atoms with E-state index in [1.165, 1.54) is 17.2 Å². The third-order valence-corrected chi connectivity index (χ3v) is 6.14. The second kappa shape index (κ2) is 8.44. The number of piperidine rings is 1. The van der Waals surface area contributed by atoms with Gasteiger partial charge in [0.25, 0.3) is 0 Å². The molecule has 0 radical (unpaired) electrons. The van der Waals surface area contributed by atoms with Crippen molar-refractivity contribution < 1.29 is 19.4 Å². The zero-order valence-electron chi connectivity index (χ0n) is 17.3. The number of fused-ring (bicyclic) bond motifs is 1. The lowest BCUT2D eigenvalue weighted by atomic mass is 9.82. The van der Waals surface area contributed by atoms with Crippen molar-refractivity contribution in [3.8, 4) is 5.75 Å². The maximum atomic E-state index is 12.8. The molecule has 2 aliphatic heterocycles. The number of carboxylic acids is 1. The number of ketones is 1. The van der Waals surface area contributed by atoms with Crippen LogP contribution in [0.4, 0.5) is 0 Å². The van der Waals surface area contributed by atoms with E-state index in [0.29, 0.717) is 23.3 Å². The fourth-order valence-electron chi connectivity index (χ4n) is 4.29. The van der Waals surface area contributed by atoms with Crippen LogP contribution in [0.5, 0.6) is 5.75 Å². The van der Waals surface area contributed by atoms with Crippen molar-refractivity contribution in [2.75, 3.05) is 19.6 Å². The summed E-state index contributed by atoms with van der Waals surface area (Å²) in [7, 11) is 0. The number of carbonyl (C=O) groups is 2. The van der Waals surface area contributed by atoms with Gasteiger partial charge in [-0.3, -0.25) is 4.79 Å². The molecule has 5 heteroatoms. The van der Waals surface area contributed by atoms with Crippen LogP contribution in [-0.4, -0.2) is 47.0 Å². The second-order valence-corrected chi connectivity index (χ2v) is 8.39. The van der Waals surface area contributed by atoms with Crippen LogP contribution >= 0.6 is 0 Å². The number of rotatable bonds is 5. The number of carbonyl (C=O) groups excluding carboxylic acids is 1. The predicted octanol–water partition coefficient (Wildman–Crippen LogP) is 4.14. The highest BCUT2D eigenvalue weighted by molar-refractivity contribution is 6.01. The molecule has 2 heterocycles. The molecule has 1 N–H and O–H groups in total. The Kier molecular flexibility index (Phi) is 5.73. The highest BCUT2D eigenvalue weighted by Gasteiger charge is 2.42. The minimum absolute atomic E-state index is 0.0786. The van der Waals surface area contributed by atoms with Crippen molar-refractivity contribution in [3.63, 3.8) is 0 Å². The van der Waals surface area contributed by atoms with Crippen LogP contribution < -0.4 is 4.74 Å². The van der Waals surface area contributed by atoms with Gasteiger partial charge in [0.1, 0.15) is 11.4 Å². The number of Topliss-reactive ketones (excluding diaryl/α,β-unsaturated/α-hetero) is 1. The summed E-state index contributed by atoms with van der Waals surface area (Å²) in [6, 6.07) is 14.0. The average Bonchev–Trinajstić information content (AvgIpc) is 2.73. The van der Waals surface area contributed by atoms with E-state index in [1.807, 2.05) is 0 Å². The Labute approximate surface area is 177 Å². The Bertz CT molecular complexity index is 969. The Morgan fingerprint density at radius 3 is 2.60 bits per heavy atom. The number of likely N-dealkylation sites (tertiary alicyclic amines) is 1. The van der Waals surface area contributed by atoms with Crippen LogP contribution in [-0.2, 0) is 11.2 Å². The molecule has 0 unspecified atom stereocenters. The van der Waals surface area contributed by atoms with Gasteiger partial charge in [-0.2, -0.15) is 0 Å². The molecule has 0 atom stereocenters. The number of ether oxygens (including phenoxy) is 1. The van der Waals surface area contributed by atoms with Crippen LogP contribution in [0, 0.1) is 6.92 Å². The molecule has 1 fully saturated rings. The quantitative estimate of drug-likeness (QED) is 0.758. The number of hydrogen-bond acceptors (Lipinski definition) is 4. The smallest absolute Gasteiger partial charge is 0.328 e. The highest BCUT2D eigenvalue weighted by Crippen LogP contribution is 2.39. The van der Waals surface area contributed by atoms with Gasteiger partial charge in [0.2, 0.25) is 0 Å². The monoisotopic (exact) mass is 405 g/mol. The molecule has 4 rings (SSSR count). The van der Waals surface area contributed by atoms with E-state index in [2.05, 4.69) is 36.1 Å². The highest BCUT2D eigenvalue weighted by atomic mass is 16.5. The van der Waals surface area contributed by atoms with Crippen LogP contribution in [0.2, 0.25) is 0 Å². The van der Waals surface area contributed by atoms with E-state index in [9.17, 15) is 9.59 Å². The lowest BCUT2D eigenvalue weighted by molar-refractivity contribution is -0.131. The molecule has 2 aromatic rings. The Balaban J connectivity index is 1.37. The number of carboxylic acid groups (broad SMARTS) is 1. The third-order valence-electron chi connectivity index (χ3n) is 6.14. The van der Waals surface area contributed by atoms with E-state index in [4.69, 9.17) is 9.84 Å². The van der Waals surface area contributed by atoms with Gasteiger partial charge in [0.05, 0.1) is 12.0 Å². The fourth-order valence-corrected chi connectivity index (χ4v) is 4.29. The van der Waals surface area contributed by atoms with Gasteiger partial charge in [-0.25, -0.2) is 4.79 Å². The minimum atomic E-state index is -1.01. The first kappa shape index (κ1) is 20.4. The molecule has 0 saturated carbocycles. The zero-order valence-corrected chi connectivity index (χ0v) is 17.3. The van der Waals surface area contributed by atoms with Crippen LogP contribution in [0.3, 0.4) is 0 Å². The number of nitrogens with zero attached hydrogens (tertiary/aromatic N) is 1. The zero-order chi connectivity index (χ0) is 21.1. The summed E-state index contributed by atoms with van der Waals surface area (Å²) in [6.07, 6.45) is 5.66. The molecule has 2 aromatic carbocycles. The SMILES string of the molecule is Cc1ccc(CCN2CCC3(CC2)CC(=O)c2cc(C=CC(=O)O)ccc2O3)cc1. The van der Waals surface area contributed by atoms with Gasteiger partial charge in [-0.05, 0) is 42.7 Å². The normalized spacial score (nSPS) is 18.4. The van der Waals surface area contributed by atoms with E-state index in [1.54, 1.807) is 18.2 Å². The molecular formula is C25H27NO4. The molecular weight excluding hydrogens is 378 g/mol. The maximum Gasteiger partial charge on any atom is 0.328 e. The molecule has 0 aliphatic carbocycles. The summed E-state index contributed by atoms with van der Waals surface area (Å²) in [4.78, 5) is 26.0. The lowest BCUT2D eigenvalue weighted by Gasteiger charge is -2.44. The lowest BCUT2D eigenvalue weighted by Crippen LogP contribution is -2.51. The second-order valence-electron chi connectivity index (χ2n) is 8.39. The molecule has 0 amide bonds. The number of aryl methyl sites for hydroxylation is 1. The standard InChI is InChI=1S/C25H27NO4/c1-18-2-4-19(5-3-18)10-13-26-14-11-25(12-15-26)17-22(27)21-16-20(7-9-24(28)29)6-8-23(21)30-25/h2-9,16H,10-15,17H2,1H3,(H,28,29). The first-order chi connectivity index (χ1) is 14.4. The van der Waals surface area contributed by atoms with Crippen molar-refractivity contribution >= 4 is 17.8 Å². The first-order valence-corrected chi connectivity index (χ1v) is 10.5. The fraction of sp³-hybridized carbons (Fsp3) is 0.360. The summed E-state index contributed by atoms with van der Waals surface area (Å²) >= 11 is 0. The van der Waals surface area contributed by atoms with Gasteiger partial charge in [-0.1, -0.05) is 35.9 Å². The summed E-state index contributed by atoms with van der Waals surface area (Å²) in [5, 5.41) is 8.78. The molecule has 0 bridgehead atoms. The van der Waals surface area contributed by atoms with Crippen molar-refractivity contribution in [3.05, 3.63) is 70.8 Å². The Morgan fingerprint density at radius 1 is 1.17 bits per heavy atom. The van der Waals surface area contributed by atoms with Crippen molar-refractivity contribution in [2.45, 2.75) is 38.2 Å². The van der Waals surface area contributed by atoms with Crippen LogP contribution in [0.25, 0.3) is 6.08 Å². The molecule has 1 saturated heterocycles. The van der Waals surface area contributed by atoms with E-state index >= 15 is 0 Å². The largest absolute Gasteiger partial charge is 0.486 e. The molecule has 1 spiro atoms. The predicted molar refractivity (Wildman–Crippen MR) is 116 cm³/mol. The molecule has 30 heavy (non-hydrogen) atoms. The van der Waals surface area contributed by atoms with Crippen molar-refractivity contribution in [1.29, 1.82) is 0 Å². The summed E-state index contributed by atoms with van der Waals surface area (Å²) in [5.41, 5.74) is 3.46. The van der Waals surface area contributed by atoms with Crippen molar-refractivity contribution in [2.24, 2.45) is 0 Å². The Hall–Kier alpha value is -2.92. The van der Waals surface area contributed by atoms with E-state index in [0.717, 1.165) is 45.0 Å². The van der Waals surface area contributed by atoms with Gasteiger partial charge < -0.3 is 14.7 Å². The minimum Gasteiger partial charge on any atom is -0.486 e. The molecule has 156 valence electrons. The third kappa shape index (κ3) is 4.62. The first-order valence-electron chi connectivity index (χ1n) is 10.5. The number of hydrogen-bond donors (Lipinski definition) is 1. The van der Waals surface area contributed by atoms with Gasteiger partial charge in [0.15, 0.2) is 5.78 Å². The summed E-state index contributed by atoms with van der Waals surface area (Å²) < 4.78 is 6.35. The van der Waals surface area contributed by atoms with Crippen LogP contribution in [0.1, 0.15) is 46.3 Å². The van der Waals surface area contributed by atoms with Gasteiger partial charge >= 0.3 is 5.97 Å². The summed E-state index contributed by atoms with van der Waals surface area (Å²) in [5.74, 6) is -0.315. The summed E-state index contributed by atoms with van der Waals surface area (Å²) in [6.45, 7) is 4.97. The molecule has 2 aliphatic rings. The van der Waals surface area contributed by atoms with Crippen LogP contribution in [0.15, 0.2) is 48.5 Å². The van der Waals surface area contributed by atoms with E-state index in [-0.39, 0.29) is 5.78 Å². The van der Waals surface area contributed by atoms with E-state index < -0.39 is 11.6 Å². The maximum absolute atomic E-state index is 12.8. The number of aliphatic carboxylic acids is 1.